The van der Waals surface area contributed by atoms with E-state index in [-0.39, 0.29) is 21.5 Å². The monoisotopic (exact) mass is 342 g/mol. The first kappa shape index (κ1) is 14.4. The van der Waals surface area contributed by atoms with Gasteiger partial charge < -0.3 is 9.64 Å². The summed E-state index contributed by atoms with van der Waals surface area (Å²) in [5.41, 5.74) is 0.0491. The standard InChI is InChI=1S/C14H13Cl2FN4O/c15-11-9(17)10-8(6-18-11)12(20-13(16)19-10)21-4-1-5-22-7-14(21)2-3-14/h6H,1-5,7H2. The van der Waals surface area contributed by atoms with Crippen LogP contribution in [0.2, 0.25) is 10.4 Å². The van der Waals surface area contributed by atoms with Gasteiger partial charge in [-0.05, 0) is 30.9 Å². The van der Waals surface area contributed by atoms with E-state index in [0.29, 0.717) is 24.4 Å². The minimum absolute atomic E-state index is 0.00429. The Hall–Kier alpha value is -1.24. The molecule has 1 aliphatic carbocycles. The Bertz CT molecular complexity index is 753. The first-order valence-corrected chi connectivity index (χ1v) is 7.89. The second-order valence-corrected chi connectivity index (χ2v) is 6.42. The number of nitrogens with zero attached hydrogens (tertiary/aromatic N) is 4. The van der Waals surface area contributed by atoms with Crippen LogP contribution in [-0.2, 0) is 4.74 Å². The Labute approximate surface area is 136 Å². The van der Waals surface area contributed by atoms with Gasteiger partial charge in [-0.25, -0.2) is 14.4 Å². The van der Waals surface area contributed by atoms with Gasteiger partial charge in [0.25, 0.3) is 0 Å². The summed E-state index contributed by atoms with van der Waals surface area (Å²) in [6.45, 7) is 2.15. The third-order valence-electron chi connectivity index (χ3n) is 4.29. The van der Waals surface area contributed by atoms with Gasteiger partial charge in [-0.2, -0.15) is 4.98 Å². The van der Waals surface area contributed by atoms with Gasteiger partial charge in [0.15, 0.2) is 11.0 Å². The largest absolute Gasteiger partial charge is 0.379 e. The predicted molar refractivity (Wildman–Crippen MR) is 82.1 cm³/mol. The number of pyridine rings is 1. The molecule has 22 heavy (non-hydrogen) atoms. The van der Waals surface area contributed by atoms with Crippen molar-refractivity contribution >= 4 is 39.9 Å². The Morgan fingerprint density at radius 1 is 1.27 bits per heavy atom. The molecule has 1 aliphatic heterocycles. The van der Waals surface area contributed by atoms with Crippen molar-refractivity contribution in [2.24, 2.45) is 0 Å². The zero-order chi connectivity index (χ0) is 15.3. The maximum Gasteiger partial charge on any atom is 0.225 e. The molecule has 1 saturated carbocycles. The molecule has 4 rings (SSSR count). The number of fused-ring (bicyclic) bond motifs is 1. The van der Waals surface area contributed by atoms with Crippen LogP contribution in [0.5, 0.6) is 0 Å². The molecule has 0 amide bonds. The van der Waals surface area contributed by atoms with E-state index in [4.69, 9.17) is 27.9 Å². The van der Waals surface area contributed by atoms with Gasteiger partial charge in [0, 0.05) is 19.3 Å². The van der Waals surface area contributed by atoms with Crippen LogP contribution in [0.4, 0.5) is 10.2 Å². The number of hydrogen-bond donors (Lipinski definition) is 0. The SMILES string of the molecule is Fc1c(Cl)ncc2c(N3CCCOCC34CC4)nc(Cl)nc12. The van der Waals surface area contributed by atoms with Crippen LogP contribution in [-0.4, -0.2) is 40.2 Å². The fourth-order valence-corrected chi connectivity index (χ4v) is 3.29. The predicted octanol–water partition coefficient (Wildman–Crippen LogP) is 3.23. The van der Waals surface area contributed by atoms with E-state index in [9.17, 15) is 4.39 Å². The van der Waals surface area contributed by atoms with E-state index in [0.717, 1.165) is 25.8 Å². The summed E-state index contributed by atoms with van der Waals surface area (Å²) in [7, 11) is 0. The van der Waals surface area contributed by atoms with Crippen LogP contribution < -0.4 is 4.90 Å². The first-order valence-electron chi connectivity index (χ1n) is 7.13. The summed E-state index contributed by atoms with van der Waals surface area (Å²) >= 11 is 11.8. The molecule has 0 radical (unpaired) electrons. The number of hydrogen-bond acceptors (Lipinski definition) is 5. The van der Waals surface area contributed by atoms with Gasteiger partial charge in [0.2, 0.25) is 5.28 Å². The maximum absolute atomic E-state index is 14.2. The highest BCUT2D eigenvalue weighted by molar-refractivity contribution is 6.30. The molecule has 0 atom stereocenters. The molecule has 1 saturated heterocycles. The molecule has 2 fully saturated rings. The lowest BCUT2D eigenvalue weighted by Crippen LogP contribution is -2.40. The number of rotatable bonds is 1. The minimum atomic E-state index is -0.666. The fourth-order valence-electron chi connectivity index (χ4n) is 2.99. The van der Waals surface area contributed by atoms with Crippen molar-refractivity contribution in [2.75, 3.05) is 24.7 Å². The lowest BCUT2D eigenvalue weighted by atomic mass is 10.2. The number of anilines is 1. The van der Waals surface area contributed by atoms with Crippen molar-refractivity contribution in [3.63, 3.8) is 0 Å². The molecule has 116 valence electrons. The third-order valence-corrected chi connectivity index (χ3v) is 4.72. The van der Waals surface area contributed by atoms with E-state index in [1.807, 2.05) is 0 Å². The Balaban J connectivity index is 1.92. The van der Waals surface area contributed by atoms with Crippen molar-refractivity contribution in [1.82, 2.24) is 15.0 Å². The zero-order valence-corrected chi connectivity index (χ0v) is 13.2. The average Bonchev–Trinajstić information content (AvgIpc) is 3.30. The van der Waals surface area contributed by atoms with Gasteiger partial charge >= 0.3 is 0 Å². The zero-order valence-electron chi connectivity index (χ0n) is 11.7. The first-order chi connectivity index (χ1) is 10.6. The molecule has 0 unspecified atom stereocenters. The minimum Gasteiger partial charge on any atom is -0.379 e. The van der Waals surface area contributed by atoms with E-state index >= 15 is 0 Å². The van der Waals surface area contributed by atoms with Crippen molar-refractivity contribution in [1.29, 1.82) is 0 Å². The summed E-state index contributed by atoms with van der Waals surface area (Å²) in [6, 6.07) is 0. The molecular weight excluding hydrogens is 330 g/mol. The number of aromatic nitrogens is 3. The van der Waals surface area contributed by atoms with E-state index in [1.54, 1.807) is 0 Å². The molecule has 0 N–H and O–H groups in total. The quantitative estimate of drug-likeness (QED) is 0.588. The van der Waals surface area contributed by atoms with Crippen molar-refractivity contribution in [2.45, 2.75) is 24.8 Å². The van der Waals surface area contributed by atoms with Crippen LogP contribution in [0.3, 0.4) is 0 Å². The summed E-state index contributed by atoms with van der Waals surface area (Å²) in [4.78, 5) is 14.4. The van der Waals surface area contributed by atoms with Crippen LogP contribution in [0.15, 0.2) is 6.20 Å². The van der Waals surface area contributed by atoms with Gasteiger partial charge in [-0.15, -0.1) is 0 Å². The fraction of sp³-hybridized carbons (Fsp3) is 0.500. The van der Waals surface area contributed by atoms with E-state index in [1.165, 1.54) is 6.20 Å². The van der Waals surface area contributed by atoms with Crippen LogP contribution in [0.25, 0.3) is 10.9 Å². The normalized spacial score (nSPS) is 20.4. The molecular formula is C14H13Cl2FN4O. The van der Waals surface area contributed by atoms with Crippen LogP contribution in [0.1, 0.15) is 19.3 Å². The van der Waals surface area contributed by atoms with Crippen molar-refractivity contribution in [3.05, 3.63) is 22.5 Å². The van der Waals surface area contributed by atoms with Gasteiger partial charge in [-0.3, -0.25) is 0 Å². The summed E-state index contributed by atoms with van der Waals surface area (Å²) in [6.07, 6.45) is 4.45. The highest BCUT2D eigenvalue weighted by atomic mass is 35.5. The second-order valence-electron chi connectivity index (χ2n) is 5.72. The molecule has 8 heteroatoms. The molecule has 3 heterocycles. The molecule has 2 aromatic heterocycles. The number of halogens is 3. The van der Waals surface area contributed by atoms with E-state index in [2.05, 4.69) is 19.9 Å². The molecule has 2 aliphatic rings. The van der Waals surface area contributed by atoms with E-state index < -0.39 is 5.82 Å². The lowest BCUT2D eigenvalue weighted by molar-refractivity contribution is 0.129. The van der Waals surface area contributed by atoms with Gasteiger partial charge in [-0.1, -0.05) is 11.6 Å². The molecule has 0 bridgehead atoms. The Morgan fingerprint density at radius 2 is 2.09 bits per heavy atom. The highest BCUT2D eigenvalue weighted by Gasteiger charge is 2.50. The second kappa shape index (κ2) is 5.15. The van der Waals surface area contributed by atoms with Gasteiger partial charge in [0.1, 0.15) is 11.3 Å². The highest BCUT2D eigenvalue weighted by Crippen LogP contribution is 2.46. The smallest absolute Gasteiger partial charge is 0.225 e. The maximum atomic E-state index is 14.2. The third kappa shape index (κ3) is 2.21. The average molecular weight is 343 g/mol. The molecule has 5 nitrogen and oxygen atoms in total. The Morgan fingerprint density at radius 3 is 2.86 bits per heavy atom. The molecule has 2 aromatic rings. The van der Waals surface area contributed by atoms with Crippen LogP contribution in [0, 0.1) is 5.82 Å². The van der Waals surface area contributed by atoms with Crippen LogP contribution >= 0.6 is 23.2 Å². The summed E-state index contributed by atoms with van der Waals surface area (Å²) in [5, 5.41) is 0.317. The summed E-state index contributed by atoms with van der Waals surface area (Å²) < 4.78 is 19.9. The van der Waals surface area contributed by atoms with Crippen molar-refractivity contribution in [3.8, 4) is 0 Å². The topological polar surface area (TPSA) is 51.1 Å². The Kier molecular flexibility index (Phi) is 3.36. The molecule has 0 aromatic carbocycles. The summed E-state index contributed by atoms with van der Waals surface area (Å²) in [5.74, 6) is -0.0540. The lowest BCUT2D eigenvalue weighted by Gasteiger charge is -2.31. The number of ether oxygens (including phenoxy) is 1. The molecule has 1 spiro atoms. The van der Waals surface area contributed by atoms with Gasteiger partial charge in [0.05, 0.1) is 17.5 Å². The van der Waals surface area contributed by atoms with Crippen molar-refractivity contribution < 1.29 is 9.13 Å².